The molecular formula is C11H22. The van der Waals surface area contributed by atoms with Crippen LogP contribution in [0.25, 0.3) is 0 Å². The zero-order chi connectivity index (χ0) is 9.02. The van der Waals surface area contributed by atoms with Gasteiger partial charge in [0, 0.05) is 0 Å². The average molecular weight is 154 g/mol. The number of allylic oxidation sites excluding steroid dienone is 1. The highest BCUT2D eigenvalue weighted by Crippen LogP contribution is 2.22. The molecule has 0 heteroatoms. The Morgan fingerprint density at radius 2 is 1.64 bits per heavy atom. The second-order valence-electron chi connectivity index (χ2n) is 4.20. The fraction of sp³-hybridized carbons (Fsp3) is 0.818. The van der Waals surface area contributed by atoms with E-state index in [4.69, 9.17) is 0 Å². The van der Waals surface area contributed by atoms with Crippen LogP contribution in [0.3, 0.4) is 0 Å². The Hall–Kier alpha value is -0.260. The van der Waals surface area contributed by atoms with Crippen molar-refractivity contribution in [3.05, 3.63) is 12.2 Å². The molecule has 0 nitrogen and oxygen atoms in total. The van der Waals surface area contributed by atoms with Crippen LogP contribution in [0.4, 0.5) is 0 Å². The van der Waals surface area contributed by atoms with Crippen molar-refractivity contribution in [3.63, 3.8) is 0 Å². The molecule has 0 N–H and O–H groups in total. The number of rotatable bonds is 4. The predicted molar refractivity (Wildman–Crippen MR) is 52.6 cm³/mol. The maximum atomic E-state index is 3.97. The van der Waals surface area contributed by atoms with Crippen LogP contribution in [0.1, 0.15) is 41.0 Å². The molecule has 0 aliphatic heterocycles. The maximum absolute atomic E-state index is 3.97. The van der Waals surface area contributed by atoms with E-state index >= 15 is 0 Å². The van der Waals surface area contributed by atoms with E-state index in [1.165, 1.54) is 12.0 Å². The maximum Gasteiger partial charge on any atom is -0.0234 e. The molecule has 2 unspecified atom stereocenters. The predicted octanol–water partition coefficient (Wildman–Crippen LogP) is 3.88. The Kier molecular flexibility index (Phi) is 4.48. The van der Waals surface area contributed by atoms with Gasteiger partial charge >= 0.3 is 0 Å². The van der Waals surface area contributed by atoms with Gasteiger partial charge in [-0.25, -0.2) is 0 Å². The Labute approximate surface area is 71.7 Å². The minimum Gasteiger partial charge on any atom is -0.0999 e. The normalized spacial score (nSPS) is 16.5. The SMILES string of the molecule is C=C(C)C(C)CC(C)C(C)C. The van der Waals surface area contributed by atoms with Crippen molar-refractivity contribution in [1.82, 2.24) is 0 Å². The smallest absolute Gasteiger partial charge is 0.0234 e. The van der Waals surface area contributed by atoms with E-state index in [2.05, 4.69) is 41.2 Å². The van der Waals surface area contributed by atoms with Gasteiger partial charge in [-0.15, -0.1) is 0 Å². The minimum absolute atomic E-state index is 0.687. The van der Waals surface area contributed by atoms with Crippen LogP contribution in [-0.4, -0.2) is 0 Å². The minimum atomic E-state index is 0.687. The second kappa shape index (κ2) is 4.58. The molecule has 11 heavy (non-hydrogen) atoms. The summed E-state index contributed by atoms with van der Waals surface area (Å²) in [6.07, 6.45) is 1.28. The molecule has 0 saturated carbocycles. The van der Waals surface area contributed by atoms with Gasteiger partial charge in [0.2, 0.25) is 0 Å². The molecule has 0 saturated heterocycles. The highest BCUT2D eigenvalue weighted by molar-refractivity contribution is 4.94. The van der Waals surface area contributed by atoms with E-state index in [1.54, 1.807) is 0 Å². The molecule has 0 aromatic carbocycles. The van der Waals surface area contributed by atoms with Gasteiger partial charge in [0.15, 0.2) is 0 Å². The van der Waals surface area contributed by atoms with Crippen LogP contribution in [0.5, 0.6) is 0 Å². The lowest BCUT2D eigenvalue weighted by atomic mass is 9.86. The van der Waals surface area contributed by atoms with Crippen molar-refractivity contribution in [2.75, 3.05) is 0 Å². The van der Waals surface area contributed by atoms with Gasteiger partial charge in [0.1, 0.15) is 0 Å². The summed E-state index contributed by atoms with van der Waals surface area (Å²) in [7, 11) is 0. The Bertz CT molecular complexity index is 122. The lowest BCUT2D eigenvalue weighted by molar-refractivity contribution is 0.352. The van der Waals surface area contributed by atoms with Gasteiger partial charge in [0.05, 0.1) is 0 Å². The lowest BCUT2D eigenvalue weighted by Crippen LogP contribution is -2.09. The van der Waals surface area contributed by atoms with Crippen molar-refractivity contribution >= 4 is 0 Å². The van der Waals surface area contributed by atoms with Crippen molar-refractivity contribution in [2.45, 2.75) is 41.0 Å². The van der Waals surface area contributed by atoms with Gasteiger partial charge in [-0.1, -0.05) is 39.8 Å². The molecule has 2 atom stereocenters. The zero-order valence-corrected chi connectivity index (χ0v) is 8.65. The molecule has 0 aromatic heterocycles. The third kappa shape index (κ3) is 4.23. The monoisotopic (exact) mass is 154 g/mol. The van der Waals surface area contributed by atoms with E-state index in [-0.39, 0.29) is 0 Å². The van der Waals surface area contributed by atoms with Crippen LogP contribution in [0, 0.1) is 17.8 Å². The molecule has 0 heterocycles. The Morgan fingerprint density at radius 1 is 1.18 bits per heavy atom. The molecular weight excluding hydrogens is 132 g/mol. The molecule has 66 valence electrons. The lowest BCUT2D eigenvalue weighted by Gasteiger charge is -2.20. The molecule has 0 amide bonds. The summed E-state index contributed by atoms with van der Waals surface area (Å²) in [5.41, 5.74) is 1.32. The first-order chi connectivity index (χ1) is 4.95. The highest BCUT2D eigenvalue weighted by Gasteiger charge is 2.11. The van der Waals surface area contributed by atoms with Gasteiger partial charge < -0.3 is 0 Å². The molecule has 0 radical (unpaired) electrons. The van der Waals surface area contributed by atoms with Crippen LogP contribution in [0.15, 0.2) is 12.2 Å². The van der Waals surface area contributed by atoms with E-state index in [1.807, 2.05) is 0 Å². The first-order valence-corrected chi connectivity index (χ1v) is 4.60. The first-order valence-electron chi connectivity index (χ1n) is 4.60. The third-order valence-electron chi connectivity index (χ3n) is 2.70. The summed E-state index contributed by atoms with van der Waals surface area (Å²) in [6, 6.07) is 0. The molecule has 0 spiro atoms. The standard InChI is InChI=1S/C11H22/c1-8(2)10(5)7-11(6)9(3)4/h9-11H,1,7H2,2-6H3. The van der Waals surface area contributed by atoms with E-state index < -0.39 is 0 Å². The molecule has 0 aromatic rings. The van der Waals surface area contributed by atoms with Crippen LogP contribution in [-0.2, 0) is 0 Å². The average Bonchev–Trinajstić information content (AvgIpc) is 1.87. The van der Waals surface area contributed by atoms with Crippen molar-refractivity contribution in [2.24, 2.45) is 17.8 Å². The summed E-state index contributed by atoms with van der Waals surface area (Å²) in [5.74, 6) is 2.31. The van der Waals surface area contributed by atoms with Gasteiger partial charge in [-0.3, -0.25) is 0 Å². The van der Waals surface area contributed by atoms with Gasteiger partial charge in [-0.2, -0.15) is 0 Å². The fourth-order valence-electron chi connectivity index (χ4n) is 1.03. The fourth-order valence-corrected chi connectivity index (χ4v) is 1.03. The first kappa shape index (κ1) is 10.7. The van der Waals surface area contributed by atoms with Crippen molar-refractivity contribution in [3.8, 4) is 0 Å². The summed E-state index contributed by atoms with van der Waals surface area (Å²) in [6.45, 7) is 15.3. The quantitative estimate of drug-likeness (QED) is 0.539. The molecule has 0 aliphatic carbocycles. The summed E-state index contributed by atoms with van der Waals surface area (Å²) >= 11 is 0. The molecule has 0 fully saturated rings. The van der Waals surface area contributed by atoms with Crippen molar-refractivity contribution < 1.29 is 0 Å². The molecule has 0 rings (SSSR count). The number of hydrogen-bond donors (Lipinski definition) is 0. The third-order valence-corrected chi connectivity index (χ3v) is 2.70. The Balaban J connectivity index is 3.75. The number of hydrogen-bond acceptors (Lipinski definition) is 0. The highest BCUT2D eigenvalue weighted by atomic mass is 14.2. The molecule has 0 aliphatic rings. The van der Waals surface area contributed by atoms with E-state index in [0.717, 1.165) is 11.8 Å². The van der Waals surface area contributed by atoms with Crippen LogP contribution in [0.2, 0.25) is 0 Å². The van der Waals surface area contributed by atoms with E-state index in [0.29, 0.717) is 5.92 Å². The summed E-state index contributed by atoms with van der Waals surface area (Å²) in [4.78, 5) is 0. The second-order valence-corrected chi connectivity index (χ2v) is 4.20. The summed E-state index contributed by atoms with van der Waals surface area (Å²) in [5, 5.41) is 0. The summed E-state index contributed by atoms with van der Waals surface area (Å²) < 4.78 is 0. The van der Waals surface area contributed by atoms with Gasteiger partial charge in [-0.05, 0) is 31.1 Å². The van der Waals surface area contributed by atoms with Crippen molar-refractivity contribution in [1.29, 1.82) is 0 Å². The largest absolute Gasteiger partial charge is 0.0999 e. The topological polar surface area (TPSA) is 0 Å². The van der Waals surface area contributed by atoms with Crippen LogP contribution < -0.4 is 0 Å². The van der Waals surface area contributed by atoms with Crippen LogP contribution >= 0.6 is 0 Å². The van der Waals surface area contributed by atoms with E-state index in [9.17, 15) is 0 Å². The van der Waals surface area contributed by atoms with Gasteiger partial charge in [0.25, 0.3) is 0 Å². The zero-order valence-electron chi connectivity index (χ0n) is 8.65. The molecule has 0 bridgehead atoms. The Morgan fingerprint density at radius 3 is 1.91 bits per heavy atom.